The van der Waals surface area contributed by atoms with Crippen LogP contribution in [-0.2, 0) is 33.5 Å². The molecule has 0 fully saturated rings. The second-order valence-electron chi connectivity index (χ2n) is 25.1. The molecule has 0 aromatic heterocycles. The lowest BCUT2D eigenvalue weighted by Crippen LogP contribution is -2.40. The molecule has 0 aliphatic rings. The highest BCUT2D eigenvalue weighted by Crippen LogP contribution is 2.26. The van der Waals surface area contributed by atoms with Crippen LogP contribution < -0.4 is 14.2 Å². The number of unbranched alkanes of at least 4 members (excludes halogenated alkanes) is 27. The Labute approximate surface area is 532 Å². The monoisotopic (exact) mass is 1210 g/mol. The van der Waals surface area contributed by atoms with Gasteiger partial charge in [0.2, 0.25) is 0 Å². The molecule has 0 radical (unpaired) electrons. The molecule has 3 unspecified atom stereocenters. The van der Waals surface area contributed by atoms with Gasteiger partial charge in [-0.05, 0) is 156 Å². The zero-order valence-electron chi connectivity index (χ0n) is 55.9. The summed E-state index contributed by atoms with van der Waals surface area (Å²) in [5, 5.41) is 33.2. The first-order chi connectivity index (χ1) is 42.8. The molecule has 3 atom stereocenters. The number of hydrogen-bond donors (Lipinski definition) is 3. The third kappa shape index (κ3) is 43.4. The summed E-state index contributed by atoms with van der Waals surface area (Å²) in [6.45, 7) is 10.0. The van der Waals surface area contributed by atoms with Crippen molar-refractivity contribution in [1.29, 1.82) is 0 Å². The average molecular weight is 1210 g/mol. The van der Waals surface area contributed by atoms with E-state index in [-0.39, 0.29) is 59.5 Å². The predicted octanol–water partition coefficient (Wildman–Crippen LogP) is 20.0. The van der Waals surface area contributed by atoms with Gasteiger partial charge >= 0.3 is 0 Å². The maximum absolute atomic E-state index is 11.1. The smallest absolute Gasteiger partial charge is 0.119 e. The van der Waals surface area contributed by atoms with E-state index in [0.29, 0.717) is 6.42 Å². The molecule has 0 bridgehead atoms. The first kappa shape index (κ1) is 77.3. The summed E-state index contributed by atoms with van der Waals surface area (Å²) in [7, 11) is 0. The summed E-state index contributed by atoms with van der Waals surface area (Å²) in [6.07, 6.45) is 57.1. The number of aliphatic hydroxyl groups is 3. The number of aliphatic hydroxyl groups excluding tert-OH is 3. The van der Waals surface area contributed by atoms with E-state index >= 15 is 0 Å². The Hall–Kier alpha value is -3.96. The molecule has 0 heterocycles. The second kappa shape index (κ2) is 54.9. The normalized spacial score (nSPS) is 13.7. The van der Waals surface area contributed by atoms with Gasteiger partial charge in [-0.15, -0.1) is 0 Å². The minimum absolute atomic E-state index is 0.0667. The van der Waals surface area contributed by atoms with Crippen LogP contribution in [0.1, 0.15) is 263 Å². The summed E-state index contributed by atoms with van der Waals surface area (Å²) in [5.74, 6) is 2.24. The van der Waals surface area contributed by atoms with Gasteiger partial charge in [0.25, 0.3) is 0 Å². The van der Waals surface area contributed by atoms with E-state index in [2.05, 4.69) is 101 Å². The Morgan fingerprint density at radius 1 is 0.322 bits per heavy atom. The molecule has 494 valence electrons. The van der Waals surface area contributed by atoms with Gasteiger partial charge < -0.3 is 43.7 Å². The second-order valence-corrected chi connectivity index (χ2v) is 25.1. The molecular formula is C78H128O9. The van der Waals surface area contributed by atoms with Crippen LogP contribution >= 0.6 is 0 Å². The van der Waals surface area contributed by atoms with Crippen molar-refractivity contribution in [3.05, 3.63) is 126 Å². The third-order valence-corrected chi connectivity index (χ3v) is 16.6. The molecule has 87 heavy (non-hydrogen) atoms. The number of allylic oxidation sites excluding steroid dienone is 6. The maximum Gasteiger partial charge on any atom is 0.119 e. The summed E-state index contributed by atoms with van der Waals surface area (Å²) >= 11 is 0. The van der Waals surface area contributed by atoms with Crippen molar-refractivity contribution in [3.8, 4) is 17.2 Å². The van der Waals surface area contributed by atoms with Gasteiger partial charge in [0, 0.05) is 5.41 Å². The highest BCUT2D eigenvalue weighted by molar-refractivity contribution is 5.30. The third-order valence-electron chi connectivity index (χ3n) is 16.6. The molecule has 0 saturated carbocycles. The quantitative estimate of drug-likeness (QED) is 0.0375. The lowest BCUT2D eigenvalue weighted by Gasteiger charge is -2.33. The van der Waals surface area contributed by atoms with E-state index < -0.39 is 23.7 Å². The van der Waals surface area contributed by atoms with Crippen LogP contribution in [0.5, 0.6) is 17.2 Å². The Morgan fingerprint density at radius 3 is 0.839 bits per heavy atom. The molecule has 0 aliphatic carbocycles. The van der Waals surface area contributed by atoms with Crippen LogP contribution in [-0.4, -0.2) is 93.1 Å². The van der Waals surface area contributed by atoms with Crippen molar-refractivity contribution in [1.82, 2.24) is 0 Å². The molecule has 0 saturated heterocycles. The molecule has 3 aromatic rings. The summed E-state index contributed by atoms with van der Waals surface area (Å²) in [5.41, 5.74) is 3.13. The molecule has 3 N–H and O–H groups in total. The number of hydrogen-bond acceptors (Lipinski definition) is 9. The van der Waals surface area contributed by atoms with Crippen LogP contribution in [0.3, 0.4) is 0 Å². The lowest BCUT2D eigenvalue weighted by molar-refractivity contribution is -0.105. The predicted molar refractivity (Wildman–Crippen MR) is 367 cm³/mol. The zero-order valence-corrected chi connectivity index (χ0v) is 55.9. The topological polar surface area (TPSA) is 116 Å². The summed E-state index contributed by atoms with van der Waals surface area (Å²) in [6, 6.07) is 24.7. The highest BCUT2D eigenvalue weighted by atomic mass is 16.5. The van der Waals surface area contributed by atoms with Crippen molar-refractivity contribution in [2.24, 2.45) is 5.41 Å². The minimum Gasteiger partial charge on any atom is -0.491 e. The van der Waals surface area contributed by atoms with Crippen LogP contribution in [0.25, 0.3) is 0 Å². The van der Waals surface area contributed by atoms with Crippen LogP contribution in [0.4, 0.5) is 0 Å². The zero-order chi connectivity index (χ0) is 62.2. The highest BCUT2D eigenvalue weighted by Gasteiger charge is 2.31. The molecule has 3 rings (SSSR count). The minimum atomic E-state index is -0.850. The van der Waals surface area contributed by atoms with Gasteiger partial charge in [-0.1, -0.05) is 235 Å². The Balaban J connectivity index is 1.43. The van der Waals surface area contributed by atoms with E-state index in [9.17, 15) is 15.3 Å². The van der Waals surface area contributed by atoms with Crippen molar-refractivity contribution in [2.45, 2.75) is 284 Å². The van der Waals surface area contributed by atoms with Crippen molar-refractivity contribution >= 4 is 0 Å². The van der Waals surface area contributed by atoms with Crippen LogP contribution in [0.15, 0.2) is 109 Å². The fourth-order valence-electron chi connectivity index (χ4n) is 10.9. The lowest BCUT2D eigenvalue weighted by atomic mass is 9.88. The molecule has 9 nitrogen and oxygen atoms in total. The average Bonchev–Trinajstić information content (AvgIpc) is 3.74. The largest absolute Gasteiger partial charge is 0.491 e. The van der Waals surface area contributed by atoms with Gasteiger partial charge in [0.05, 0.1) is 39.6 Å². The van der Waals surface area contributed by atoms with Gasteiger partial charge in [-0.25, -0.2) is 0 Å². The van der Waals surface area contributed by atoms with Gasteiger partial charge in [-0.2, -0.15) is 0 Å². The molecule has 9 heteroatoms. The van der Waals surface area contributed by atoms with Gasteiger partial charge in [0.15, 0.2) is 0 Å². The number of aryl methyl sites for hydroxylation is 3. The standard InChI is InChI=1S/C78H128O9/c1-5-9-12-15-18-21-24-27-30-33-36-39-42-48-69-51-45-54-75(57-69)85-63-72(79)60-82-66-78(8-4,67-83-61-73(80)64-86-76-55-46-52-70(58-76)49-43-40-37-34-31-28-25-22-19-16-13-10-6-2)68-84-62-74(81)65-87-77-56-47-53-71(59-77)50-44-41-38-35-32-29-26-23-20-17-14-11-7-3/h15-20,45-47,51-59,72-74,79-81H,5-14,21-44,48-50,60-68H2,1-4H3/b18-15+,19-16+,20-17+. The van der Waals surface area contributed by atoms with Crippen LogP contribution in [0.2, 0.25) is 0 Å². The molecule has 0 amide bonds. The first-order valence-electron chi connectivity index (χ1n) is 35.7. The van der Waals surface area contributed by atoms with Crippen molar-refractivity contribution in [2.75, 3.05) is 59.5 Å². The van der Waals surface area contributed by atoms with Gasteiger partial charge in [-0.3, -0.25) is 0 Å². The SMILES string of the molecule is CCCC/C=C/CCCCCCCCCc1cccc(OCC(O)COCC(CC)(COCC(O)COc2cccc(CCCCCCCCC/C=C/CCCC)c2)COCC(O)COc2cccc(CCCCCCCCC/C=C/CCCC)c2)c1. The molecule has 3 aromatic carbocycles. The summed E-state index contributed by atoms with van der Waals surface area (Å²) < 4.78 is 36.9. The molecule has 0 spiro atoms. The summed E-state index contributed by atoms with van der Waals surface area (Å²) in [4.78, 5) is 0. The first-order valence-corrected chi connectivity index (χ1v) is 35.7. The van der Waals surface area contributed by atoms with E-state index in [4.69, 9.17) is 28.4 Å². The fraction of sp³-hybridized carbons (Fsp3) is 0.692. The van der Waals surface area contributed by atoms with Crippen molar-refractivity contribution in [3.63, 3.8) is 0 Å². The fourth-order valence-corrected chi connectivity index (χ4v) is 10.9. The number of ether oxygens (including phenoxy) is 6. The Morgan fingerprint density at radius 2 is 0.575 bits per heavy atom. The van der Waals surface area contributed by atoms with E-state index in [1.807, 2.05) is 36.4 Å². The van der Waals surface area contributed by atoms with E-state index in [0.717, 1.165) is 55.8 Å². The van der Waals surface area contributed by atoms with E-state index in [1.165, 1.54) is 209 Å². The number of rotatable bonds is 61. The number of benzene rings is 3. The Bertz CT molecular complexity index is 1870. The van der Waals surface area contributed by atoms with Crippen molar-refractivity contribution < 1.29 is 43.7 Å². The maximum atomic E-state index is 11.1. The molecular weight excluding hydrogens is 1080 g/mol. The van der Waals surface area contributed by atoms with Crippen LogP contribution in [0, 0.1) is 5.41 Å². The van der Waals surface area contributed by atoms with E-state index in [1.54, 1.807) is 0 Å². The van der Waals surface area contributed by atoms with Gasteiger partial charge in [0.1, 0.15) is 55.4 Å². The Kier molecular flexibility index (Phi) is 48.8. The molecule has 0 aliphatic heterocycles.